The molecule has 6 rings (SSSR count). The number of anilines is 2. The Morgan fingerprint density at radius 2 is 1.20 bits per heavy atom. The number of nitrogens with one attached hydrogen (secondary N) is 3. The second kappa shape index (κ2) is 10.1. The van der Waals surface area contributed by atoms with Crippen LogP contribution in [0.1, 0.15) is 102 Å². The zero-order valence-electron chi connectivity index (χ0n) is 24.3. The molecule has 4 aliphatic carbocycles. The SMILES string of the molecule is CC(C)(C)c1cc(C(=O)Nc2cc(Cl)c(Cl)cc2NC(=O)NC23CC4CC(CC(C4)C2)C3)cc(C(C)(C)C)c1O. The minimum atomic E-state index is -0.383. The first kappa shape index (κ1) is 29.1. The monoisotopic (exact) mass is 585 g/mol. The Kier molecular flexibility index (Phi) is 7.36. The first-order chi connectivity index (χ1) is 18.5. The molecule has 0 heterocycles. The maximum absolute atomic E-state index is 13.6. The van der Waals surface area contributed by atoms with Crippen LogP contribution < -0.4 is 16.0 Å². The molecule has 216 valence electrons. The Morgan fingerprint density at radius 3 is 1.62 bits per heavy atom. The number of phenols is 1. The van der Waals surface area contributed by atoms with Crippen molar-refractivity contribution in [3.63, 3.8) is 0 Å². The van der Waals surface area contributed by atoms with Crippen molar-refractivity contribution in [2.75, 3.05) is 10.6 Å². The van der Waals surface area contributed by atoms with Gasteiger partial charge >= 0.3 is 6.03 Å². The molecule has 4 N–H and O–H groups in total. The number of hydrogen-bond donors (Lipinski definition) is 4. The van der Waals surface area contributed by atoms with E-state index in [2.05, 4.69) is 16.0 Å². The minimum absolute atomic E-state index is 0.156. The van der Waals surface area contributed by atoms with Crippen LogP contribution in [-0.2, 0) is 10.8 Å². The van der Waals surface area contributed by atoms with Crippen molar-refractivity contribution in [2.24, 2.45) is 17.8 Å². The highest BCUT2D eigenvalue weighted by Gasteiger charge is 2.51. The molecule has 2 aromatic carbocycles. The topological polar surface area (TPSA) is 90.5 Å². The van der Waals surface area contributed by atoms with E-state index in [0.717, 1.165) is 19.3 Å². The lowest BCUT2D eigenvalue weighted by Gasteiger charge is -2.56. The molecule has 0 saturated heterocycles. The van der Waals surface area contributed by atoms with Gasteiger partial charge in [0.05, 0.1) is 21.4 Å². The molecule has 4 saturated carbocycles. The highest BCUT2D eigenvalue weighted by Crippen LogP contribution is 2.55. The first-order valence-corrected chi connectivity index (χ1v) is 15.1. The van der Waals surface area contributed by atoms with Crippen LogP contribution in [0.5, 0.6) is 5.75 Å². The van der Waals surface area contributed by atoms with Crippen LogP contribution in [0, 0.1) is 17.8 Å². The molecule has 4 bridgehead atoms. The smallest absolute Gasteiger partial charge is 0.319 e. The van der Waals surface area contributed by atoms with Crippen LogP contribution in [0.4, 0.5) is 16.2 Å². The van der Waals surface area contributed by atoms with Crippen LogP contribution in [0.3, 0.4) is 0 Å². The molecular formula is C32H41Cl2N3O3. The average molecular weight is 587 g/mol. The van der Waals surface area contributed by atoms with Crippen molar-refractivity contribution in [3.8, 4) is 5.75 Å². The van der Waals surface area contributed by atoms with Crippen LogP contribution >= 0.6 is 23.2 Å². The summed E-state index contributed by atoms with van der Waals surface area (Å²) < 4.78 is 0. The molecule has 8 heteroatoms. The summed E-state index contributed by atoms with van der Waals surface area (Å²) in [5.74, 6) is 1.93. The average Bonchev–Trinajstić information content (AvgIpc) is 2.79. The molecule has 0 spiro atoms. The molecule has 0 radical (unpaired) electrons. The van der Waals surface area contributed by atoms with Crippen LogP contribution in [-0.4, -0.2) is 22.6 Å². The third-order valence-electron chi connectivity index (χ3n) is 8.96. The van der Waals surface area contributed by atoms with Crippen molar-refractivity contribution in [1.29, 1.82) is 0 Å². The Morgan fingerprint density at radius 1 is 0.775 bits per heavy atom. The normalized spacial score (nSPS) is 25.6. The largest absolute Gasteiger partial charge is 0.507 e. The number of rotatable bonds is 4. The van der Waals surface area contributed by atoms with Gasteiger partial charge in [0.25, 0.3) is 5.91 Å². The summed E-state index contributed by atoms with van der Waals surface area (Å²) in [5.41, 5.74) is 1.58. The Hall–Kier alpha value is -2.44. The second-order valence-electron chi connectivity index (χ2n) is 14.5. The van der Waals surface area contributed by atoms with E-state index in [-0.39, 0.29) is 44.1 Å². The number of phenolic OH excluding ortho intramolecular Hbond substituents is 1. The van der Waals surface area contributed by atoms with Gasteiger partial charge in [0.15, 0.2) is 0 Å². The quantitative estimate of drug-likeness (QED) is 0.289. The third-order valence-corrected chi connectivity index (χ3v) is 9.68. The number of aromatic hydroxyl groups is 1. The van der Waals surface area contributed by atoms with Gasteiger partial charge in [-0.2, -0.15) is 0 Å². The Bertz CT molecular complexity index is 1290. The molecule has 40 heavy (non-hydrogen) atoms. The van der Waals surface area contributed by atoms with Gasteiger partial charge in [0, 0.05) is 22.2 Å². The van der Waals surface area contributed by atoms with Gasteiger partial charge in [-0.05, 0) is 91.4 Å². The van der Waals surface area contributed by atoms with E-state index in [4.69, 9.17) is 23.2 Å². The van der Waals surface area contributed by atoms with Gasteiger partial charge in [0.1, 0.15) is 5.75 Å². The fourth-order valence-electron chi connectivity index (χ4n) is 7.52. The first-order valence-electron chi connectivity index (χ1n) is 14.3. The lowest BCUT2D eigenvalue weighted by atomic mass is 9.53. The number of amides is 3. The molecule has 4 fully saturated rings. The van der Waals surface area contributed by atoms with Gasteiger partial charge < -0.3 is 21.1 Å². The lowest BCUT2D eigenvalue weighted by molar-refractivity contribution is -0.0127. The van der Waals surface area contributed by atoms with Crippen molar-refractivity contribution in [2.45, 2.75) is 96.4 Å². The fraction of sp³-hybridized carbons (Fsp3) is 0.562. The summed E-state index contributed by atoms with van der Waals surface area (Å²) in [4.78, 5) is 26.9. The van der Waals surface area contributed by atoms with Crippen molar-refractivity contribution in [1.82, 2.24) is 5.32 Å². The van der Waals surface area contributed by atoms with Crippen molar-refractivity contribution >= 4 is 46.5 Å². The molecule has 0 aliphatic heterocycles. The predicted molar refractivity (Wildman–Crippen MR) is 163 cm³/mol. The van der Waals surface area contributed by atoms with E-state index in [1.807, 2.05) is 41.5 Å². The summed E-state index contributed by atoms with van der Waals surface area (Å²) in [5, 5.41) is 20.8. The molecule has 0 unspecified atom stereocenters. The minimum Gasteiger partial charge on any atom is -0.507 e. The van der Waals surface area contributed by atoms with Crippen molar-refractivity contribution in [3.05, 3.63) is 51.0 Å². The number of halogens is 2. The van der Waals surface area contributed by atoms with Gasteiger partial charge in [-0.25, -0.2) is 4.79 Å². The van der Waals surface area contributed by atoms with Crippen LogP contribution in [0.15, 0.2) is 24.3 Å². The number of carbonyl (C=O) groups excluding carboxylic acids is 2. The summed E-state index contributed by atoms with van der Waals surface area (Å²) in [6.45, 7) is 12.0. The fourth-order valence-corrected chi connectivity index (χ4v) is 7.84. The summed E-state index contributed by atoms with van der Waals surface area (Å²) >= 11 is 12.7. The van der Waals surface area contributed by atoms with Crippen molar-refractivity contribution < 1.29 is 14.7 Å². The van der Waals surface area contributed by atoms with E-state index in [1.54, 1.807) is 24.3 Å². The number of benzene rings is 2. The second-order valence-corrected chi connectivity index (χ2v) is 15.3. The highest BCUT2D eigenvalue weighted by molar-refractivity contribution is 6.42. The van der Waals surface area contributed by atoms with E-state index >= 15 is 0 Å². The number of hydrogen-bond acceptors (Lipinski definition) is 3. The van der Waals surface area contributed by atoms with Crippen LogP contribution in [0.25, 0.3) is 0 Å². The maximum Gasteiger partial charge on any atom is 0.319 e. The van der Waals surface area contributed by atoms with Gasteiger partial charge in [-0.1, -0.05) is 64.7 Å². The Balaban J connectivity index is 1.40. The highest BCUT2D eigenvalue weighted by atomic mass is 35.5. The predicted octanol–water partition coefficient (Wildman–Crippen LogP) is 8.64. The van der Waals surface area contributed by atoms with E-state index in [1.165, 1.54) is 19.3 Å². The summed E-state index contributed by atoms with van der Waals surface area (Å²) in [6.07, 6.45) is 6.96. The molecule has 0 atom stereocenters. The molecule has 4 aliphatic rings. The standard InChI is InChI=1S/C32H41Cl2N3O3/c1-30(2,3)21-10-20(11-22(27(21)38)31(4,5)6)28(39)35-25-12-23(33)24(34)13-26(25)36-29(40)37-32-14-17-7-18(15-32)9-19(8-17)16-32/h10-13,17-19,38H,7-9,14-16H2,1-6H3,(H,35,39)(H2,36,37,40). The van der Waals surface area contributed by atoms with E-state index in [0.29, 0.717) is 45.8 Å². The maximum atomic E-state index is 13.6. The summed E-state index contributed by atoms with van der Waals surface area (Å²) in [6, 6.07) is 6.27. The molecule has 2 aromatic rings. The van der Waals surface area contributed by atoms with Crippen LogP contribution in [0.2, 0.25) is 10.0 Å². The molecular weight excluding hydrogens is 545 g/mol. The molecule has 6 nitrogen and oxygen atoms in total. The van der Waals surface area contributed by atoms with E-state index < -0.39 is 0 Å². The van der Waals surface area contributed by atoms with Gasteiger partial charge in [-0.3, -0.25) is 4.79 Å². The number of urea groups is 1. The number of carbonyl (C=O) groups is 2. The van der Waals surface area contributed by atoms with E-state index in [9.17, 15) is 14.7 Å². The lowest BCUT2D eigenvalue weighted by Crippen LogP contribution is -2.60. The van der Waals surface area contributed by atoms with Gasteiger partial charge in [-0.15, -0.1) is 0 Å². The molecule has 0 aromatic heterocycles. The van der Waals surface area contributed by atoms with Gasteiger partial charge in [0.2, 0.25) is 0 Å². The third kappa shape index (κ3) is 5.80. The Labute approximate surface area is 247 Å². The zero-order valence-corrected chi connectivity index (χ0v) is 25.8. The zero-order chi connectivity index (χ0) is 29.2. The molecule has 3 amide bonds. The summed E-state index contributed by atoms with van der Waals surface area (Å²) in [7, 11) is 0.